The van der Waals surface area contributed by atoms with E-state index in [9.17, 15) is 10.1 Å². The number of nitriles is 1. The molecule has 5 aromatic rings. The van der Waals surface area contributed by atoms with Crippen LogP contribution >= 0.6 is 0 Å². The summed E-state index contributed by atoms with van der Waals surface area (Å²) in [5.41, 5.74) is 4.76. The number of rotatable bonds is 11. The zero-order valence-corrected chi connectivity index (χ0v) is 25.1. The van der Waals surface area contributed by atoms with Crippen LogP contribution in [0.2, 0.25) is 0 Å². The average Bonchev–Trinajstić information content (AvgIpc) is 3.39. The molecule has 0 aliphatic carbocycles. The van der Waals surface area contributed by atoms with Crippen molar-refractivity contribution in [3.8, 4) is 23.2 Å². The van der Waals surface area contributed by atoms with E-state index in [1.807, 2.05) is 54.8 Å². The van der Waals surface area contributed by atoms with E-state index < -0.39 is 11.4 Å². The normalized spacial score (nSPS) is 11.4. The summed E-state index contributed by atoms with van der Waals surface area (Å²) < 4.78 is 33.6. The van der Waals surface area contributed by atoms with Gasteiger partial charge in [0.15, 0.2) is 0 Å². The molecule has 0 spiro atoms. The van der Waals surface area contributed by atoms with Crippen LogP contribution in [0.3, 0.4) is 0 Å². The number of hydrogen-bond donors (Lipinski definition) is 0. The van der Waals surface area contributed by atoms with Crippen LogP contribution in [0.1, 0.15) is 46.7 Å². The van der Waals surface area contributed by atoms with E-state index >= 15 is 4.39 Å². The molecule has 0 unspecified atom stereocenters. The van der Waals surface area contributed by atoms with E-state index in [1.165, 1.54) is 13.2 Å². The van der Waals surface area contributed by atoms with Crippen LogP contribution in [0, 0.1) is 17.1 Å². The fraction of sp³-hybridized carbons (Fsp3) is 0.257. The lowest BCUT2D eigenvalue weighted by Crippen LogP contribution is -2.14. The molecule has 0 aliphatic heterocycles. The van der Waals surface area contributed by atoms with Crippen molar-refractivity contribution in [2.75, 3.05) is 20.8 Å². The highest BCUT2D eigenvalue weighted by Gasteiger charge is 2.20. The number of pyridine rings is 1. The Morgan fingerprint density at radius 2 is 1.82 bits per heavy atom. The SMILES string of the molecule is COCCn1c(Cc2ccc(-c3cccc(OCc4cccc(C(C)(C)C#N)c4)n3)cc2F)nc2ccc(C(=O)OC)cc21. The molecule has 0 amide bonds. The number of fused-ring (bicyclic) bond motifs is 1. The maximum absolute atomic E-state index is 15.5. The quantitative estimate of drug-likeness (QED) is 0.159. The molecule has 8 nitrogen and oxygen atoms in total. The van der Waals surface area contributed by atoms with Crippen molar-refractivity contribution in [3.63, 3.8) is 0 Å². The molecule has 9 heteroatoms. The smallest absolute Gasteiger partial charge is 0.337 e. The number of halogens is 1. The molecule has 2 heterocycles. The summed E-state index contributed by atoms with van der Waals surface area (Å²) in [6, 6.07) is 25.6. The largest absolute Gasteiger partial charge is 0.473 e. The predicted molar refractivity (Wildman–Crippen MR) is 165 cm³/mol. The minimum atomic E-state index is -0.602. The Bertz CT molecular complexity index is 1860. The number of nitrogens with zero attached hydrogens (tertiary/aromatic N) is 4. The fourth-order valence-electron chi connectivity index (χ4n) is 4.93. The van der Waals surface area contributed by atoms with Crippen molar-refractivity contribution in [2.24, 2.45) is 0 Å². The van der Waals surface area contributed by atoms with Gasteiger partial charge in [0.25, 0.3) is 0 Å². The van der Waals surface area contributed by atoms with Gasteiger partial charge >= 0.3 is 5.97 Å². The molecule has 44 heavy (non-hydrogen) atoms. The first-order valence-corrected chi connectivity index (χ1v) is 14.2. The third kappa shape index (κ3) is 6.61. The molecule has 0 aliphatic rings. The highest BCUT2D eigenvalue weighted by Crippen LogP contribution is 2.27. The van der Waals surface area contributed by atoms with E-state index in [0.717, 1.165) is 16.6 Å². The van der Waals surface area contributed by atoms with Gasteiger partial charge in [-0.05, 0) is 60.9 Å². The van der Waals surface area contributed by atoms with Crippen LogP contribution in [0.4, 0.5) is 4.39 Å². The fourth-order valence-corrected chi connectivity index (χ4v) is 4.93. The molecule has 0 radical (unpaired) electrons. The van der Waals surface area contributed by atoms with Gasteiger partial charge < -0.3 is 18.8 Å². The number of aromatic nitrogens is 3. The number of esters is 1. The van der Waals surface area contributed by atoms with Crippen molar-refractivity contribution in [1.29, 1.82) is 5.26 Å². The van der Waals surface area contributed by atoms with E-state index in [1.54, 1.807) is 43.5 Å². The van der Waals surface area contributed by atoms with Crippen molar-refractivity contribution in [2.45, 2.75) is 38.8 Å². The minimum absolute atomic E-state index is 0.246. The van der Waals surface area contributed by atoms with Crippen molar-refractivity contribution < 1.29 is 23.4 Å². The maximum Gasteiger partial charge on any atom is 0.337 e. The number of methoxy groups -OCH3 is 2. The van der Waals surface area contributed by atoms with Crippen LogP contribution < -0.4 is 4.74 Å². The molecular formula is C35H33FN4O4. The van der Waals surface area contributed by atoms with Crippen LogP contribution in [0.15, 0.2) is 78.9 Å². The minimum Gasteiger partial charge on any atom is -0.473 e. The predicted octanol–water partition coefficient (Wildman–Crippen LogP) is 6.64. The molecule has 0 fully saturated rings. The Morgan fingerprint density at radius 3 is 2.57 bits per heavy atom. The second-order valence-corrected chi connectivity index (χ2v) is 10.9. The van der Waals surface area contributed by atoms with Gasteiger partial charge in [0.05, 0.1) is 47.5 Å². The van der Waals surface area contributed by atoms with E-state index in [2.05, 4.69) is 11.1 Å². The third-order valence-corrected chi connectivity index (χ3v) is 7.50. The molecule has 0 atom stereocenters. The first kappa shape index (κ1) is 30.4. The molecule has 224 valence electrons. The van der Waals surface area contributed by atoms with Gasteiger partial charge in [-0.25, -0.2) is 19.2 Å². The summed E-state index contributed by atoms with van der Waals surface area (Å²) in [5, 5.41) is 9.46. The first-order valence-electron chi connectivity index (χ1n) is 14.2. The zero-order chi connectivity index (χ0) is 31.3. The number of hydrogen-bond acceptors (Lipinski definition) is 7. The standard InChI is InChI=1S/C35H33FN4O4/c1-35(2,22-37)27-8-5-7-23(17-27)21-44-33-10-6-9-29(39-33)25-12-11-24(28(36)18-25)20-32-38-30-14-13-26(34(41)43-4)19-31(30)40(32)15-16-42-3/h5-14,17-19H,15-16,20-21H2,1-4H3. The maximum atomic E-state index is 15.5. The van der Waals surface area contributed by atoms with Gasteiger partial charge in [-0.2, -0.15) is 5.26 Å². The van der Waals surface area contributed by atoms with Crippen molar-refractivity contribution in [3.05, 3.63) is 113 Å². The lowest BCUT2D eigenvalue weighted by molar-refractivity contribution is 0.0601. The topological polar surface area (TPSA) is 99.3 Å². The number of carbonyl (C=O) groups excluding carboxylic acids is 1. The zero-order valence-electron chi connectivity index (χ0n) is 25.1. The Morgan fingerprint density at radius 1 is 1.00 bits per heavy atom. The number of imidazole rings is 1. The van der Waals surface area contributed by atoms with Gasteiger partial charge in [-0.1, -0.05) is 42.5 Å². The molecule has 2 aromatic heterocycles. The number of carbonyl (C=O) groups is 1. The molecular weight excluding hydrogens is 559 g/mol. The Kier molecular flexibility index (Phi) is 9.02. The summed E-state index contributed by atoms with van der Waals surface area (Å²) in [6.07, 6.45) is 0.246. The summed E-state index contributed by atoms with van der Waals surface area (Å²) in [5.74, 6) is 0.247. The van der Waals surface area contributed by atoms with Crippen LogP contribution in [-0.2, 0) is 34.5 Å². The Balaban J connectivity index is 1.35. The van der Waals surface area contributed by atoms with Gasteiger partial charge in [0, 0.05) is 31.7 Å². The van der Waals surface area contributed by atoms with Crippen LogP contribution in [-0.4, -0.2) is 41.3 Å². The molecule has 5 rings (SSSR count). The molecule has 0 bridgehead atoms. The number of ether oxygens (including phenoxy) is 3. The molecule has 3 aromatic carbocycles. The molecule has 0 saturated carbocycles. The van der Waals surface area contributed by atoms with Crippen LogP contribution in [0.25, 0.3) is 22.3 Å². The first-order chi connectivity index (χ1) is 21.2. The number of benzene rings is 3. The Hall–Kier alpha value is -5.07. The van der Waals surface area contributed by atoms with Gasteiger partial charge in [-0.3, -0.25) is 0 Å². The Labute approximate surface area is 255 Å². The average molecular weight is 593 g/mol. The lowest BCUT2D eigenvalue weighted by atomic mass is 9.86. The van der Waals surface area contributed by atoms with Gasteiger partial charge in [-0.15, -0.1) is 0 Å². The highest BCUT2D eigenvalue weighted by molar-refractivity contribution is 5.93. The molecule has 0 saturated heterocycles. The highest BCUT2D eigenvalue weighted by atomic mass is 19.1. The lowest BCUT2D eigenvalue weighted by Gasteiger charge is -2.16. The van der Waals surface area contributed by atoms with E-state index in [-0.39, 0.29) is 18.8 Å². The third-order valence-electron chi connectivity index (χ3n) is 7.50. The van der Waals surface area contributed by atoms with Crippen molar-refractivity contribution >= 4 is 17.0 Å². The van der Waals surface area contributed by atoms with Gasteiger partial charge in [0.2, 0.25) is 5.88 Å². The van der Waals surface area contributed by atoms with Gasteiger partial charge in [0.1, 0.15) is 18.2 Å². The summed E-state index contributed by atoms with van der Waals surface area (Å²) in [7, 11) is 2.95. The van der Waals surface area contributed by atoms with Crippen LogP contribution in [0.5, 0.6) is 5.88 Å². The molecule has 0 N–H and O–H groups in total. The van der Waals surface area contributed by atoms with Crippen molar-refractivity contribution in [1.82, 2.24) is 14.5 Å². The van der Waals surface area contributed by atoms with E-state index in [4.69, 9.17) is 19.2 Å². The second-order valence-electron chi connectivity index (χ2n) is 10.9. The summed E-state index contributed by atoms with van der Waals surface area (Å²) >= 11 is 0. The van der Waals surface area contributed by atoms with E-state index in [0.29, 0.717) is 52.8 Å². The summed E-state index contributed by atoms with van der Waals surface area (Å²) in [6.45, 7) is 4.95. The second kappa shape index (κ2) is 13.1. The summed E-state index contributed by atoms with van der Waals surface area (Å²) in [4.78, 5) is 21.4. The monoisotopic (exact) mass is 592 g/mol.